The first kappa shape index (κ1) is 17.2. The molecule has 0 spiro atoms. The summed E-state index contributed by atoms with van der Waals surface area (Å²) in [6.45, 7) is 0.614. The van der Waals surface area contributed by atoms with Gasteiger partial charge in [0.25, 0.3) is 5.91 Å². The van der Waals surface area contributed by atoms with Gasteiger partial charge >= 0.3 is 0 Å². The first-order chi connectivity index (χ1) is 10.2. The SMILES string of the molecule is Cl.NCC1CCCCC1NC(=O)c1cc2cc(F)ccc2s1. The largest absolute Gasteiger partial charge is 0.348 e. The van der Waals surface area contributed by atoms with Gasteiger partial charge in [-0.05, 0) is 55.0 Å². The maximum atomic E-state index is 13.2. The monoisotopic (exact) mass is 342 g/mol. The second-order valence-corrected chi connectivity index (χ2v) is 6.74. The van der Waals surface area contributed by atoms with Crippen molar-refractivity contribution in [3.05, 3.63) is 35.0 Å². The number of fused-ring (bicyclic) bond motifs is 1. The van der Waals surface area contributed by atoms with Gasteiger partial charge in [0.2, 0.25) is 0 Å². The zero-order chi connectivity index (χ0) is 14.8. The van der Waals surface area contributed by atoms with E-state index in [0.29, 0.717) is 17.3 Å². The fourth-order valence-electron chi connectivity index (χ4n) is 3.05. The molecular weight excluding hydrogens is 323 g/mol. The van der Waals surface area contributed by atoms with E-state index < -0.39 is 0 Å². The summed E-state index contributed by atoms with van der Waals surface area (Å²) in [5.41, 5.74) is 5.80. The number of hydrogen-bond donors (Lipinski definition) is 2. The topological polar surface area (TPSA) is 55.1 Å². The molecule has 22 heavy (non-hydrogen) atoms. The lowest BCUT2D eigenvalue weighted by molar-refractivity contribution is 0.0912. The summed E-state index contributed by atoms with van der Waals surface area (Å²) >= 11 is 1.40. The first-order valence-corrected chi connectivity index (χ1v) is 8.19. The van der Waals surface area contributed by atoms with E-state index >= 15 is 0 Å². The van der Waals surface area contributed by atoms with Crippen LogP contribution in [0.1, 0.15) is 35.4 Å². The van der Waals surface area contributed by atoms with Gasteiger partial charge in [-0.3, -0.25) is 4.79 Å². The molecule has 6 heteroatoms. The molecule has 0 radical (unpaired) electrons. The molecule has 1 heterocycles. The lowest BCUT2D eigenvalue weighted by Crippen LogP contribution is -2.44. The van der Waals surface area contributed by atoms with Crippen molar-refractivity contribution >= 4 is 39.7 Å². The van der Waals surface area contributed by atoms with E-state index in [-0.39, 0.29) is 30.2 Å². The number of amides is 1. The summed E-state index contributed by atoms with van der Waals surface area (Å²) < 4.78 is 14.1. The molecule has 2 unspecified atom stereocenters. The van der Waals surface area contributed by atoms with Gasteiger partial charge in [0.05, 0.1) is 4.88 Å². The summed E-state index contributed by atoms with van der Waals surface area (Å²) in [5.74, 6) is 0.0271. The predicted octanol–water partition coefficient (Wildman–Crippen LogP) is 3.71. The van der Waals surface area contributed by atoms with E-state index in [9.17, 15) is 9.18 Å². The van der Waals surface area contributed by atoms with E-state index in [1.807, 2.05) is 0 Å². The van der Waals surface area contributed by atoms with Gasteiger partial charge in [0.1, 0.15) is 5.82 Å². The highest BCUT2D eigenvalue weighted by molar-refractivity contribution is 7.20. The van der Waals surface area contributed by atoms with Crippen LogP contribution >= 0.6 is 23.7 Å². The summed E-state index contributed by atoms with van der Waals surface area (Å²) in [7, 11) is 0. The molecule has 1 aliphatic carbocycles. The van der Waals surface area contributed by atoms with Gasteiger partial charge in [0, 0.05) is 10.7 Å². The van der Waals surface area contributed by atoms with Gasteiger partial charge < -0.3 is 11.1 Å². The van der Waals surface area contributed by atoms with Crippen LogP contribution in [0.5, 0.6) is 0 Å². The van der Waals surface area contributed by atoms with Gasteiger partial charge in [-0.1, -0.05) is 12.8 Å². The number of hydrogen-bond acceptors (Lipinski definition) is 3. The van der Waals surface area contributed by atoms with Crippen LogP contribution in [0.15, 0.2) is 24.3 Å². The maximum absolute atomic E-state index is 13.2. The molecule has 1 aromatic heterocycles. The highest BCUT2D eigenvalue weighted by Gasteiger charge is 2.26. The molecule has 0 aliphatic heterocycles. The highest BCUT2D eigenvalue weighted by Crippen LogP contribution is 2.28. The van der Waals surface area contributed by atoms with Crippen molar-refractivity contribution in [1.29, 1.82) is 0 Å². The summed E-state index contributed by atoms with van der Waals surface area (Å²) in [6, 6.07) is 6.53. The fraction of sp³-hybridized carbons (Fsp3) is 0.438. The Labute approximate surface area is 139 Å². The van der Waals surface area contributed by atoms with Crippen LogP contribution < -0.4 is 11.1 Å². The zero-order valence-electron chi connectivity index (χ0n) is 12.2. The fourth-order valence-corrected chi connectivity index (χ4v) is 3.99. The number of nitrogens with one attached hydrogen (secondary N) is 1. The maximum Gasteiger partial charge on any atom is 0.261 e. The van der Waals surface area contributed by atoms with Gasteiger partial charge in [-0.2, -0.15) is 0 Å². The smallest absolute Gasteiger partial charge is 0.261 e. The Morgan fingerprint density at radius 1 is 1.32 bits per heavy atom. The van der Waals surface area contributed by atoms with Crippen LogP contribution in [-0.4, -0.2) is 18.5 Å². The molecule has 120 valence electrons. The third kappa shape index (κ3) is 3.59. The summed E-state index contributed by atoms with van der Waals surface area (Å²) in [6.07, 6.45) is 4.40. The first-order valence-electron chi connectivity index (χ1n) is 7.37. The van der Waals surface area contributed by atoms with Crippen molar-refractivity contribution < 1.29 is 9.18 Å². The van der Waals surface area contributed by atoms with Crippen LogP contribution in [-0.2, 0) is 0 Å². The molecule has 1 fully saturated rings. The lowest BCUT2D eigenvalue weighted by Gasteiger charge is -2.31. The molecule has 1 amide bonds. The average Bonchev–Trinajstić information content (AvgIpc) is 2.91. The number of rotatable bonds is 3. The van der Waals surface area contributed by atoms with Crippen LogP contribution in [0.3, 0.4) is 0 Å². The number of halogens is 2. The van der Waals surface area contributed by atoms with E-state index in [1.54, 1.807) is 12.1 Å². The van der Waals surface area contributed by atoms with E-state index in [1.165, 1.54) is 29.9 Å². The molecule has 3 rings (SSSR count). The predicted molar refractivity (Wildman–Crippen MR) is 91.3 cm³/mol. The summed E-state index contributed by atoms with van der Waals surface area (Å²) in [5, 5.41) is 3.89. The lowest BCUT2D eigenvalue weighted by atomic mass is 9.84. The van der Waals surface area contributed by atoms with Crippen molar-refractivity contribution in [1.82, 2.24) is 5.32 Å². The normalized spacial score (nSPS) is 21.4. The third-order valence-corrected chi connectivity index (χ3v) is 5.35. The third-order valence-electron chi connectivity index (χ3n) is 4.23. The minimum absolute atomic E-state index is 0. The summed E-state index contributed by atoms with van der Waals surface area (Å²) in [4.78, 5) is 13.0. The van der Waals surface area contributed by atoms with Crippen LogP contribution in [0.4, 0.5) is 4.39 Å². The van der Waals surface area contributed by atoms with Crippen LogP contribution in [0.25, 0.3) is 10.1 Å². The second-order valence-electron chi connectivity index (χ2n) is 5.65. The number of thiophene rings is 1. The standard InChI is InChI=1S/C16H19FN2OS.ClH/c17-12-5-6-14-11(7-12)8-15(21-14)16(20)19-13-4-2-1-3-10(13)9-18;/h5-8,10,13H,1-4,9,18H2,(H,19,20);1H. The number of nitrogens with two attached hydrogens (primary N) is 1. The van der Waals surface area contributed by atoms with Crippen LogP contribution in [0.2, 0.25) is 0 Å². The Kier molecular flexibility index (Phi) is 5.78. The molecule has 1 saturated carbocycles. The minimum atomic E-state index is -0.275. The van der Waals surface area contributed by atoms with Crippen molar-refractivity contribution in [3.8, 4) is 0 Å². The molecule has 2 aromatic rings. The molecule has 1 aliphatic rings. The quantitative estimate of drug-likeness (QED) is 0.893. The van der Waals surface area contributed by atoms with Gasteiger partial charge in [0.15, 0.2) is 0 Å². The Morgan fingerprint density at radius 3 is 2.86 bits per heavy atom. The molecule has 2 atom stereocenters. The molecule has 0 bridgehead atoms. The Hall–Kier alpha value is -1.17. The Morgan fingerprint density at radius 2 is 2.09 bits per heavy atom. The van der Waals surface area contributed by atoms with Gasteiger partial charge in [-0.25, -0.2) is 4.39 Å². The van der Waals surface area contributed by atoms with Crippen molar-refractivity contribution in [3.63, 3.8) is 0 Å². The highest BCUT2D eigenvalue weighted by atomic mass is 35.5. The van der Waals surface area contributed by atoms with E-state index in [4.69, 9.17) is 5.73 Å². The Bertz CT molecular complexity index is 661. The average molecular weight is 343 g/mol. The molecule has 3 N–H and O–H groups in total. The molecular formula is C16H20ClFN2OS. The molecule has 1 aromatic carbocycles. The van der Waals surface area contributed by atoms with Crippen molar-refractivity contribution in [2.45, 2.75) is 31.7 Å². The number of carbonyl (C=O) groups excluding carboxylic acids is 1. The molecule has 0 saturated heterocycles. The zero-order valence-corrected chi connectivity index (χ0v) is 13.8. The minimum Gasteiger partial charge on any atom is -0.348 e. The van der Waals surface area contributed by atoms with E-state index in [2.05, 4.69) is 5.32 Å². The Balaban J connectivity index is 0.00000176. The van der Waals surface area contributed by atoms with E-state index in [0.717, 1.165) is 29.3 Å². The second kappa shape index (κ2) is 7.40. The number of benzene rings is 1. The molecule has 3 nitrogen and oxygen atoms in total. The van der Waals surface area contributed by atoms with Gasteiger partial charge in [-0.15, -0.1) is 23.7 Å². The van der Waals surface area contributed by atoms with Crippen LogP contribution in [0, 0.1) is 11.7 Å². The van der Waals surface area contributed by atoms with Crippen molar-refractivity contribution in [2.24, 2.45) is 11.7 Å². The van der Waals surface area contributed by atoms with Crippen molar-refractivity contribution in [2.75, 3.05) is 6.54 Å². The number of carbonyl (C=O) groups is 1.